The minimum Gasteiger partial charge on any atom is -0.355 e. The van der Waals surface area contributed by atoms with E-state index in [1.165, 1.54) is 0 Å². The third-order valence-electron chi connectivity index (χ3n) is 3.96. The van der Waals surface area contributed by atoms with Crippen molar-refractivity contribution in [3.8, 4) is 17.2 Å². The van der Waals surface area contributed by atoms with E-state index in [9.17, 15) is 4.79 Å². The van der Waals surface area contributed by atoms with Crippen LogP contribution in [-0.4, -0.2) is 12.5 Å². The molecule has 0 aromatic heterocycles. The van der Waals surface area contributed by atoms with Gasteiger partial charge in [-0.1, -0.05) is 68.4 Å². The van der Waals surface area contributed by atoms with Gasteiger partial charge in [-0.25, -0.2) is 0 Å². The lowest BCUT2D eigenvalue weighted by atomic mass is 9.88. The van der Waals surface area contributed by atoms with Gasteiger partial charge in [-0.05, 0) is 29.0 Å². The monoisotopic (exact) mass is 320 g/mol. The number of rotatable bonds is 7. The van der Waals surface area contributed by atoms with Crippen molar-refractivity contribution in [3.05, 3.63) is 60.2 Å². The van der Waals surface area contributed by atoms with E-state index in [2.05, 4.69) is 49.5 Å². The van der Waals surface area contributed by atoms with Crippen molar-refractivity contribution in [2.45, 2.75) is 32.6 Å². The fourth-order valence-corrected chi connectivity index (χ4v) is 2.80. The smallest absolute Gasteiger partial charge is 0.227 e. The maximum absolute atomic E-state index is 12.6. The number of carbonyl (C=O) groups excluding carboxylic acids is 1. The van der Waals surface area contributed by atoms with Gasteiger partial charge in [0.1, 0.15) is 0 Å². The van der Waals surface area contributed by atoms with Crippen LogP contribution in [0, 0.1) is 17.2 Å². The van der Waals surface area contributed by atoms with Gasteiger partial charge in [0.05, 0.1) is 18.4 Å². The summed E-state index contributed by atoms with van der Waals surface area (Å²) in [5.74, 6) is 0.230. The highest BCUT2D eigenvalue weighted by atomic mass is 16.1. The predicted molar refractivity (Wildman–Crippen MR) is 97.3 cm³/mol. The molecule has 0 saturated heterocycles. The summed E-state index contributed by atoms with van der Waals surface area (Å²) in [6.07, 6.45) is 1.13. The molecule has 0 saturated carbocycles. The summed E-state index contributed by atoms with van der Waals surface area (Å²) in [4.78, 5) is 12.6. The molecule has 24 heavy (non-hydrogen) atoms. The Morgan fingerprint density at radius 3 is 2.46 bits per heavy atom. The molecule has 0 bridgehead atoms. The van der Waals surface area contributed by atoms with Crippen LogP contribution in [0.1, 0.15) is 38.2 Å². The molecular weight excluding hydrogens is 296 g/mol. The number of amides is 1. The maximum Gasteiger partial charge on any atom is 0.227 e. The van der Waals surface area contributed by atoms with Gasteiger partial charge >= 0.3 is 0 Å². The second-order valence-electron chi connectivity index (χ2n) is 6.37. The topological polar surface area (TPSA) is 52.9 Å². The van der Waals surface area contributed by atoms with Gasteiger partial charge in [-0.3, -0.25) is 4.79 Å². The molecule has 124 valence electrons. The van der Waals surface area contributed by atoms with Crippen molar-refractivity contribution in [2.24, 2.45) is 5.92 Å². The van der Waals surface area contributed by atoms with Crippen LogP contribution in [0.2, 0.25) is 0 Å². The first-order valence-corrected chi connectivity index (χ1v) is 8.42. The lowest BCUT2D eigenvalue weighted by molar-refractivity contribution is -0.122. The summed E-state index contributed by atoms with van der Waals surface area (Å²) >= 11 is 0. The first kappa shape index (κ1) is 17.7. The molecule has 0 aliphatic rings. The van der Waals surface area contributed by atoms with Gasteiger partial charge in [0.15, 0.2) is 0 Å². The quantitative estimate of drug-likeness (QED) is 0.763. The van der Waals surface area contributed by atoms with Crippen molar-refractivity contribution in [1.29, 1.82) is 5.26 Å². The van der Waals surface area contributed by atoms with Crippen molar-refractivity contribution in [3.63, 3.8) is 0 Å². The van der Waals surface area contributed by atoms with Crippen molar-refractivity contribution in [2.75, 3.05) is 6.54 Å². The second-order valence-corrected chi connectivity index (χ2v) is 6.37. The molecule has 0 radical (unpaired) electrons. The number of benzene rings is 2. The van der Waals surface area contributed by atoms with Crippen molar-refractivity contribution < 1.29 is 4.79 Å². The number of carbonyl (C=O) groups is 1. The molecule has 1 amide bonds. The summed E-state index contributed by atoms with van der Waals surface area (Å²) < 4.78 is 0. The van der Waals surface area contributed by atoms with E-state index >= 15 is 0 Å². The number of nitrogens with zero attached hydrogens (tertiary/aromatic N) is 1. The molecular formula is C21H24N2O. The predicted octanol–water partition coefficient (Wildman–Crippen LogP) is 4.51. The fourth-order valence-electron chi connectivity index (χ4n) is 2.80. The SMILES string of the molecule is CC(C)CC(C(=O)NCCC#N)c1cccc(-c2ccccc2)c1. The molecule has 0 aliphatic carbocycles. The highest BCUT2D eigenvalue weighted by molar-refractivity contribution is 5.84. The van der Waals surface area contributed by atoms with Crippen LogP contribution in [0.15, 0.2) is 54.6 Å². The Morgan fingerprint density at radius 2 is 1.79 bits per heavy atom. The molecule has 0 fully saturated rings. The van der Waals surface area contributed by atoms with E-state index in [1.807, 2.05) is 30.3 Å². The Hall–Kier alpha value is -2.60. The van der Waals surface area contributed by atoms with Crippen LogP contribution < -0.4 is 5.32 Å². The highest BCUT2D eigenvalue weighted by Gasteiger charge is 2.21. The molecule has 1 N–H and O–H groups in total. The van der Waals surface area contributed by atoms with Crippen LogP contribution in [0.25, 0.3) is 11.1 Å². The number of hydrogen-bond donors (Lipinski definition) is 1. The van der Waals surface area contributed by atoms with E-state index < -0.39 is 0 Å². The van der Waals surface area contributed by atoms with Gasteiger partial charge in [0.2, 0.25) is 5.91 Å². The van der Waals surface area contributed by atoms with E-state index in [0.29, 0.717) is 18.9 Å². The Morgan fingerprint density at radius 1 is 1.08 bits per heavy atom. The second kappa shape index (κ2) is 8.88. The normalized spacial score (nSPS) is 11.8. The molecule has 1 unspecified atom stereocenters. The molecule has 3 heteroatoms. The average Bonchev–Trinajstić information content (AvgIpc) is 2.60. The first-order chi connectivity index (χ1) is 11.6. The Balaban J connectivity index is 2.26. The van der Waals surface area contributed by atoms with Crippen molar-refractivity contribution >= 4 is 5.91 Å². The van der Waals surface area contributed by atoms with Crippen molar-refractivity contribution in [1.82, 2.24) is 5.32 Å². The van der Waals surface area contributed by atoms with Gasteiger partial charge in [0.25, 0.3) is 0 Å². The molecule has 1 atom stereocenters. The van der Waals surface area contributed by atoms with Gasteiger partial charge < -0.3 is 5.32 Å². The summed E-state index contributed by atoms with van der Waals surface area (Å²) in [5.41, 5.74) is 3.29. The lowest BCUT2D eigenvalue weighted by Gasteiger charge is -2.19. The van der Waals surface area contributed by atoms with Gasteiger partial charge in [0, 0.05) is 6.54 Å². The zero-order valence-electron chi connectivity index (χ0n) is 14.3. The van der Waals surface area contributed by atoms with E-state index in [4.69, 9.17) is 5.26 Å². The van der Waals surface area contributed by atoms with Crippen LogP contribution in [0.5, 0.6) is 0 Å². The summed E-state index contributed by atoms with van der Waals surface area (Å²) in [7, 11) is 0. The van der Waals surface area contributed by atoms with Crippen LogP contribution in [0.4, 0.5) is 0 Å². The number of nitrogens with one attached hydrogen (secondary N) is 1. The number of hydrogen-bond acceptors (Lipinski definition) is 2. The van der Waals surface area contributed by atoms with Gasteiger partial charge in [-0.15, -0.1) is 0 Å². The Labute approximate surface area is 144 Å². The van der Waals surface area contributed by atoms with Gasteiger partial charge in [-0.2, -0.15) is 5.26 Å². The molecule has 2 aromatic carbocycles. The summed E-state index contributed by atoms with van der Waals surface area (Å²) in [5, 5.41) is 11.5. The fraction of sp³-hybridized carbons (Fsp3) is 0.333. The molecule has 0 heterocycles. The van der Waals surface area contributed by atoms with E-state index in [1.54, 1.807) is 0 Å². The largest absolute Gasteiger partial charge is 0.355 e. The molecule has 2 rings (SSSR count). The van der Waals surface area contributed by atoms with Crippen LogP contribution in [-0.2, 0) is 4.79 Å². The highest BCUT2D eigenvalue weighted by Crippen LogP contribution is 2.28. The Bertz CT molecular complexity index is 701. The summed E-state index contributed by atoms with van der Waals surface area (Å²) in [6.45, 7) is 4.65. The zero-order chi connectivity index (χ0) is 17.4. The standard InChI is InChI=1S/C21H24N2O/c1-16(2)14-20(21(24)23-13-7-12-22)19-11-6-10-18(15-19)17-8-4-3-5-9-17/h3-6,8-11,15-16,20H,7,13-14H2,1-2H3,(H,23,24). The molecule has 2 aromatic rings. The number of nitriles is 1. The molecule has 0 spiro atoms. The first-order valence-electron chi connectivity index (χ1n) is 8.42. The van der Waals surface area contributed by atoms with Crippen LogP contribution in [0.3, 0.4) is 0 Å². The minimum absolute atomic E-state index is 0.00385. The summed E-state index contributed by atoms with van der Waals surface area (Å²) in [6, 6.07) is 20.4. The minimum atomic E-state index is -0.188. The Kier molecular flexibility index (Phi) is 6.57. The van der Waals surface area contributed by atoms with Crippen LogP contribution >= 0.6 is 0 Å². The average molecular weight is 320 g/mol. The molecule has 3 nitrogen and oxygen atoms in total. The van der Waals surface area contributed by atoms with E-state index in [0.717, 1.165) is 23.1 Å². The maximum atomic E-state index is 12.6. The zero-order valence-corrected chi connectivity index (χ0v) is 14.3. The molecule has 0 aliphatic heterocycles. The third kappa shape index (κ3) is 4.96. The lowest BCUT2D eigenvalue weighted by Crippen LogP contribution is -2.30. The third-order valence-corrected chi connectivity index (χ3v) is 3.96. The van der Waals surface area contributed by atoms with E-state index in [-0.39, 0.29) is 11.8 Å².